The van der Waals surface area contributed by atoms with Crippen LogP contribution in [-0.4, -0.2) is 5.11 Å². The van der Waals surface area contributed by atoms with E-state index in [0.717, 1.165) is 6.07 Å². The van der Waals surface area contributed by atoms with Crippen LogP contribution in [0.3, 0.4) is 0 Å². The minimum Gasteiger partial charge on any atom is -0.463 e. The zero-order valence-corrected chi connectivity index (χ0v) is 10.5. The fraction of sp³-hybridized carbons (Fsp3) is 0.167. The van der Waals surface area contributed by atoms with Crippen LogP contribution >= 0.6 is 15.9 Å². The lowest BCUT2D eigenvalue weighted by Crippen LogP contribution is -2.05. The van der Waals surface area contributed by atoms with Gasteiger partial charge in [-0.2, -0.15) is 0 Å². The molecule has 0 saturated heterocycles. The maximum Gasteiger partial charge on any atom is 0.146 e. The summed E-state index contributed by atoms with van der Waals surface area (Å²) in [6.07, 6.45) is -1.46. The Hall–Kier alpha value is -1.20. The van der Waals surface area contributed by atoms with Gasteiger partial charge >= 0.3 is 0 Å². The van der Waals surface area contributed by atoms with Gasteiger partial charge in [0.25, 0.3) is 0 Å². The van der Waals surface area contributed by atoms with Crippen LogP contribution < -0.4 is 0 Å². The first-order valence-electron chi connectivity index (χ1n) is 4.88. The quantitative estimate of drug-likeness (QED) is 0.858. The molecule has 5 heteroatoms. The van der Waals surface area contributed by atoms with Crippen molar-refractivity contribution in [2.75, 3.05) is 0 Å². The molecule has 0 fully saturated rings. The molecule has 17 heavy (non-hydrogen) atoms. The average Bonchev–Trinajstić information content (AvgIpc) is 2.71. The topological polar surface area (TPSA) is 33.4 Å². The first-order chi connectivity index (χ1) is 8.00. The van der Waals surface area contributed by atoms with Gasteiger partial charge in [-0.3, -0.25) is 0 Å². The van der Waals surface area contributed by atoms with Crippen LogP contribution in [0, 0.1) is 18.6 Å². The van der Waals surface area contributed by atoms with Crippen molar-refractivity contribution in [3.63, 3.8) is 0 Å². The van der Waals surface area contributed by atoms with Gasteiger partial charge in [-0.05, 0) is 47.1 Å². The van der Waals surface area contributed by atoms with Crippen molar-refractivity contribution >= 4 is 15.9 Å². The van der Waals surface area contributed by atoms with Gasteiger partial charge < -0.3 is 9.52 Å². The van der Waals surface area contributed by atoms with E-state index in [2.05, 4.69) is 15.9 Å². The van der Waals surface area contributed by atoms with Crippen LogP contribution in [0.2, 0.25) is 0 Å². The monoisotopic (exact) mass is 302 g/mol. The smallest absolute Gasteiger partial charge is 0.146 e. The predicted octanol–water partition coefficient (Wildman–Crippen LogP) is 3.71. The van der Waals surface area contributed by atoms with Gasteiger partial charge in [-0.25, -0.2) is 8.78 Å². The van der Waals surface area contributed by atoms with E-state index in [0.29, 0.717) is 5.76 Å². The Balaban J connectivity index is 2.50. The summed E-state index contributed by atoms with van der Waals surface area (Å²) < 4.78 is 32.5. The third kappa shape index (κ3) is 2.25. The van der Waals surface area contributed by atoms with Gasteiger partial charge in [0.1, 0.15) is 29.3 Å². The summed E-state index contributed by atoms with van der Waals surface area (Å²) in [5, 5.41) is 9.90. The zero-order valence-electron chi connectivity index (χ0n) is 8.88. The van der Waals surface area contributed by atoms with E-state index in [9.17, 15) is 13.9 Å². The summed E-state index contributed by atoms with van der Waals surface area (Å²) in [5.74, 6) is -0.966. The summed E-state index contributed by atoms with van der Waals surface area (Å²) in [6.45, 7) is 1.68. The van der Waals surface area contributed by atoms with E-state index in [-0.39, 0.29) is 10.2 Å². The van der Waals surface area contributed by atoms with Crippen molar-refractivity contribution in [1.29, 1.82) is 0 Å². The molecule has 0 bridgehead atoms. The molecule has 0 saturated carbocycles. The molecular weight excluding hydrogens is 294 g/mol. The number of rotatable bonds is 2. The highest BCUT2D eigenvalue weighted by Gasteiger charge is 2.23. The lowest BCUT2D eigenvalue weighted by molar-refractivity contribution is 0.178. The molecular formula is C12H9BrF2O2. The molecule has 2 aromatic rings. The van der Waals surface area contributed by atoms with Gasteiger partial charge in [-0.15, -0.1) is 0 Å². The fourth-order valence-electron chi connectivity index (χ4n) is 1.54. The third-order valence-electron chi connectivity index (χ3n) is 2.38. The fourth-order valence-corrected chi connectivity index (χ4v) is 1.88. The molecule has 0 aliphatic carbocycles. The zero-order chi connectivity index (χ0) is 12.6. The van der Waals surface area contributed by atoms with Crippen LogP contribution in [0.5, 0.6) is 0 Å². The summed E-state index contributed by atoms with van der Waals surface area (Å²) >= 11 is 2.94. The number of benzene rings is 1. The molecule has 2 rings (SSSR count). The van der Waals surface area contributed by atoms with Crippen molar-refractivity contribution in [2.24, 2.45) is 0 Å². The van der Waals surface area contributed by atoms with Gasteiger partial charge in [0.2, 0.25) is 0 Å². The molecule has 0 amide bonds. The molecule has 1 aromatic carbocycles. The molecule has 1 N–H and O–H groups in total. The van der Waals surface area contributed by atoms with E-state index < -0.39 is 23.3 Å². The predicted molar refractivity (Wildman–Crippen MR) is 61.6 cm³/mol. The SMILES string of the molecule is Cc1ccc(C(O)c2c(F)ccc(Br)c2F)o1. The Morgan fingerprint density at radius 3 is 2.53 bits per heavy atom. The van der Waals surface area contributed by atoms with E-state index in [4.69, 9.17) is 4.42 Å². The molecule has 90 valence electrons. The minimum absolute atomic E-state index is 0.0937. The van der Waals surface area contributed by atoms with Crippen molar-refractivity contribution in [3.05, 3.63) is 57.5 Å². The van der Waals surface area contributed by atoms with E-state index in [1.165, 1.54) is 12.1 Å². The normalized spacial score (nSPS) is 12.8. The van der Waals surface area contributed by atoms with E-state index in [1.54, 1.807) is 13.0 Å². The van der Waals surface area contributed by atoms with Crippen LogP contribution in [-0.2, 0) is 0 Å². The molecule has 0 aliphatic heterocycles. The summed E-state index contributed by atoms with van der Waals surface area (Å²) in [7, 11) is 0. The average molecular weight is 303 g/mol. The first kappa shape index (κ1) is 12.3. The molecule has 1 atom stereocenters. The highest BCUT2D eigenvalue weighted by Crippen LogP contribution is 2.31. The Bertz CT molecular complexity index is 551. The summed E-state index contributed by atoms with van der Waals surface area (Å²) in [4.78, 5) is 0. The Morgan fingerprint density at radius 1 is 1.24 bits per heavy atom. The standard InChI is InChI=1S/C12H9BrF2O2/c1-6-2-5-9(17-6)12(16)10-8(14)4-3-7(13)11(10)15/h2-5,12,16H,1H3. The number of aliphatic hydroxyl groups excluding tert-OH is 1. The molecule has 0 spiro atoms. The van der Waals surface area contributed by atoms with Crippen molar-refractivity contribution < 1.29 is 18.3 Å². The Morgan fingerprint density at radius 2 is 1.94 bits per heavy atom. The highest BCUT2D eigenvalue weighted by molar-refractivity contribution is 9.10. The number of aliphatic hydroxyl groups is 1. The number of hydrogen-bond acceptors (Lipinski definition) is 2. The minimum atomic E-state index is -1.46. The molecule has 0 radical (unpaired) electrons. The maximum atomic E-state index is 13.7. The largest absolute Gasteiger partial charge is 0.463 e. The lowest BCUT2D eigenvalue weighted by atomic mass is 10.1. The summed E-state index contributed by atoms with van der Waals surface area (Å²) in [5.41, 5.74) is -0.422. The second-order valence-electron chi connectivity index (χ2n) is 3.61. The summed E-state index contributed by atoms with van der Waals surface area (Å²) in [6, 6.07) is 5.43. The van der Waals surface area contributed by atoms with Gasteiger partial charge in [0, 0.05) is 0 Å². The van der Waals surface area contributed by atoms with Crippen LogP contribution in [0.25, 0.3) is 0 Å². The van der Waals surface area contributed by atoms with Gasteiger partial charge in [0.05, 0.1) is 10.0 Å². The third-order valence-corrected chi connectivity index (χ3v) is 3.00. The van der Waals surface area contributed by atoms with Gasteiger partial charge in [-0.1, -0.05) is 0 Å². The Kier molecular flexibility index (Phi) is 3.31. The second-order valence-corrected chi connectivity index (χ2v) is 4.46. The molecule has 0 aliphatic rings. The molecule has 1 unspecified atom stereocenters. The Labute approximate surface area is 105 Å². The van der Waals surface area contributed by atoms with E-state index in [1.807, 2.05) is 0 Å². The maximum absolute atomic E-state index is 13.7. The molecule has 1 heterocycles. The van der Waals surface area contributed by atoms with Crippen LogP contribution in [0.4, 0.5) is 8.78 Å². The van der Waals surface area contributed by atoms with Crippen LogP contribution in [0.15, 0.2) is 33.2 Å². The second kappa shape index (κ2) is 4.58. The van der Waals surface area contributed by atoms with Crippen LogP contribution in [0.1, 0.15) is 23.2 Å². The molecule has 1 aromatic heterocycles. The first-order valence-corrected chi connectivity index (χ1v) is 5.68. The number of halogens is 3. The van der Waals surface area contributed by atoms with Crippen molar-refractivity contribution in [2.45, 2.75) is 13.0 Å². The number of hydrogen-bond donors (Lipinski definition) is 1. The van der Waals surface area contributed by atoms with Crippen molar-refractivity contribution in [3.8, 4) is 0 Å². The number of aryl methyl sites for hydroxylation is 1. The number of furan rings is 1. The molecule has 2 nitrogen and oxygen atoms in total. The van der Waals surface area contributed by atoms with Crippen molar-refractivity contribution in [1.82, 2.24) is 0 Å². The highest BCUT2D eigenvalue weighted by atomic mass is 79.9. The van der Waals surface area contributed by atoms with Gasteiger partial charge in [0.15, 0.2) is 0 Å². The van der Waals surface area contributed by atoms with E-state index >= 15 is 0 Å². The lowest BCUT2D eigenvalue weighted by Gasteiger charge is -2.11.